The highest BCUT2D eigenvalue weighted by Gasteiger charge is 2.20. The van der Waals surface area contributed by atoms with Crippen LogP contribution in [0.4, 0.5) is 5.69 Å². The van der Waals surface area contributed by atoms with Crippen molar-refractivity contribution in [3.8, 4) is 0 Å². The van der Waals surface area contributed by atoms with Gasteiger partial charge in [-0.15, -0.1) is 11.3 Å². The normalized spacial score (nSPS) is 12.1. The van der Waals surface area contributed by atoms with Gasteiger partial charge in [-0.2, -0.15) is 0 Å². The van der Waals surface area contributed by atoms with E-state index in [0.717, 1.165) is 15.2 Å². The molecule has 0 aliphatic carbocycles. The molecule has 0 saturated carbocycles. The number of benzene rings is 1. The number of hydrogen-bond acceptors (Lipinski definition) is 4. The molecule has 0 bridgehead atoms. The van der Waals surface area contributed by atoms with Gasteiger partial charge in [-0.05, 0) is 35.0 Å². The molecule has 0 radical (unpaired) electrons. The van der Waals surface area contributed by atoms with Crippen molar-refractivity contribution in [2.45, 2.75) is 13.0 Å². The number of aromatic nitrogens is 1. The molecule has 3 N–H and O–H groups in total. The zero-order chi connectivity index (χ0) is 13.1. The molecule has 0 fully saturated rings. The number of anilines is 1. The third-order valence-electron chi connectivity index (χ3n) is 2.39. The van der Waals surface area contributed by atoms with E-state index < -0.39 is 11.9 Å². The summed E-state index contributed by atoms with van der Waals surface area (Å²) in [7, 11) is 0. The van der Waals surface area contributed by atoms with Crippen LogP contribution in [0.1, 0.15) is 16.7 Å². The minimum atomic E-state index is -0.617. The molecule has 1 unspecified atom stereocenters. The lowest BCUT2D eigenvalue weighted by Gasteiger charge is -2.15. The Balaban J connectivity index is 2.28. The second-order valence-corrected chi connectivity index (χ2v) is 5.67. The Morgan fingerprint density at radius 3 is 2.78 bits per heavy atom. The molecule has 2 aromatic rings. The highest BCUT2D eigenvalue weighted by atomic mass is 79.9. The summed E-state index contributed by atoms with van der Waals surface area (Å²) >= 11 is 4.91. The van der Waals surface area contributed by atoms with Crippen molar-refractivity contribution in [3.05, 3.63) is 44.8 Å². The maximum atomic E-state index is 11.5. The summed E-state index contributed by atoms with van der Waals surface area (Å²) in [5, 5.41) is 5.85. The van der Waals surface area contributed by atoms with Gasteiger partial charge in [0.05, 0.1) is 10.7 Å². The minimum Gasteiger partial charge on any atom is -0.368 e. The molecular weight excluding hydrogens is 314 g/mol. The van der Waals surface area contributed by atoms with Crippen LogP contribution in [-0.2, 0) is 4.79 Å². The Labute approximate surface area is 117 Å². The number of halogens is 1. The van der Waals surface area contributed by atoms with Gasteiger partial charge in [-0.25, -0.2) is 4.98 Å². The Kier molecular flexibility index (Phi) is 3.98. The first kappa shape index (κ1) is 13.0. The van der Waals surface area contributed by atoms with Gasteiger partial charge in [-0.1, -0.05) is 12.1 Å². The number of aryl methyl sites for hydroxylation is 1. The molecular formula is C12H12BrN3OS. The van der Waals surface area contributed by atoms with Crippen LogP contribution in [0.2, 0.25) is 0 Å². The standard InChI is InChI=1S/C12H12BrN3OS/c1-7-15-10(6-18-7)11(12(14)17)16-9-5-3-2-4-8(9)13/h2-6,11,16H,1H3,(H2,14,17). The summed E-state index contributed by atoms with van der Waals surface area (Å²) in [4.78, 5) is 15.8. The van der Waals surface area contributed by atoms with Crippen molar-refractivity contribution in [1.82, 2.24) is 4.98 Å². The molecule has 18 heavy (non-hydrogen) atoms. The molecule has 0 saturated heterocycles. The molecule has 0 spiro atoms. The number of para-hydroxylation sites is 1. The van der Waals surface area contributed by atoms with E-state index in [4.69, 9.17) is 5.73 Å². The van der Waals surface area contributed by atoms with Crippen molar-refractivity contribution in [2.75, 3.05) is 5.32 Å². The Bertz CT molecular complexity index is 570. The van der Waals surface area contributed by atoms with Gasteiger partial charge in [0.25, 0.3) is 0 Å². The Hall–Kier alpha value is -1.40. The third kappa shape index (κ3) is 2.88. The molecule has 1 heterocycles. The fourth-order valence-corrected chi connectivity index (χ4v) is 2.57. The lowest BCUT2D eigenvalue weighted by atomic mass is 10.2. The lowest BCUT2D eigenvalue weighted by Crippen LogP contribution is -2.28. The highest BCUT2D eigenvalue weighted by Crippen LogP contribution is 2.26. The maximum Gasteiger partial charge on any atom is 0.246 e. The molecule has 1 aromatic heterocycles. The third-order valence-corrected chi connectivity index (χ3v) is 3.87. The number of nitrogens with zero attached hydrogens (tertiary/aromatic N) is 1. The van der Waals surface area contributed by atoms with Gasteiger partial charge in [0.15, 0.2) is 0 Å². The smallest absolute Gasteiger partial charge is 0.246 e. The molecule has 0 aliphatic heterocycles. The first-order chi connectivity index (χ1) is 8.58. The summed E-state index contributed by atoms with van der Waals surface area (Å²) in [5.41, 5.74) is 6.89. The monoisotopic (exact) mass is 325 g/mol. The zero-order valence-corrected chi connectivity index (χ0v) is 12.1. The topological polar surface area (TPSA) is 68.0 Å². The molecule has 0 aliphatic rings. The van der Waals surface area contributed by atoms with E-state index in [1.54, 1.807) is 0 Å². The number of carbonyl (C=O) groups is 1. The van der Waals surface area contributed by atoms with E-state index in [1.165, 1.54) is 11.3 Å². The van der Waals surface area contributed by atoms with Crippen LogP contribution in [0.25, 0.3) is 0 Å². The number of nitrogens with one attached hydrogen (secondary N) is 1. The van der Waals surface area contributed by atoms with Gasteiger partial charge in [-0.3, -0.25) is 4.79 Å². The predicted molar refractivity (Wildman–Crippen MR) is 76.6 cm³/mol. The zero-order valence-electron chi connectivity index (χ0n) is 9.68. The van der Waals surface area contributed by atoms with E-state index in [-0.39, 0.29) is 0 Å². The molecule has 6 heteroatoms. The quantitative estimate of drug-likeness (QED) is 0.908. The average Bonchev–Trinajstić information content (AvgIpc) is 2.74. The first-order valence-electron chi connectivity index (χ1n) is 5.30. The molecule has 1 amide bonds. The summed E-state index contributed by atoms with van der Waals surface area (Å²) in [6.45, 7) is 1.89. The molecule has 1 aromatic carbocycles. The van der Waals surface area contributed by atoms with Gasteiger partial charge in [0, 0.05) is 15.5 Å². The second-order valence-electron chi connectivity index (χ2n) is 3.75. The summed E-state index contributed by atoms with van der Waals surface area (Å²) in [6, 6.07) is 6.94. The van der Waals surface area contributed by atoms with Crippen LogP contribution in [0.15, 0.2) is 34.1 Å². The molecule has 94 valence electrons. The summed E-state index contributed by atoms with van der Waals surface area (Å²) < 4.78 is 0.878. The SMILES string of the molecule is Cc1nc(C(Nc2ccccc2Br)C(N)=O)cs1. The Morgan fingerprint density at radius 2 is 2.22 bits per heavy atom. The average molecular weight is 326 g/mol. The van der Waals surface area contributed by atoms with Crippen LogP contribution in [-0.4, -0.2) is 10.9 Å². The number of carbonyl (C=O) groups excluding carboxylic acids is 1. The fraction of sp³-hybridized carbons (Fsp3) is 0.167. The molecule has 1 atom stereocenters. The van der Waals surface area contributed by atoms with Crippen LogP contribution in [0.3, 0.4) is 0 Å². The van der Waals surface area contributed by atoms with Crippen LogP contribution in [0, 0.1) is 6.92 Å². The van der Waals surface area contributed by atoms with Gasteiger partial charge in [0.2, 0.25) is 5.91 Å². The first-order valence-corrected chi connectivity index (χ1v) is 6.97. The summed E-state index contributed by atoms with van der Waals surface area (Å²) in [5.74, 6) is -0.448. The lowest BCUT2D eigenvalue weighted by molar-refractivity contribution is -0.118. The Morgan fingerprint density at radius 1 is 1.50 bits per heavy atom. The van der Waals surface area contributed by atoms with E-state index >= 15 is 0 Å². The number of thiazole rings is 1. The maximum absolute atomic E-state index is 11.5. The van der Waals surface area contributed by atoms with Crippen LogP contribution in [0.5, 0.6) is 0 Å². The predicted octanol–water partition coefficient (Wildman–Crippen LogP) is 2.85. The van der Waals surface area contributed by atoms with Crippen molar-refractivity contribution >= 4 is 38.9 Å². The van der Waals surface area contributed by atoms with Crippen molar-refractivity contribution < 1.29 is 4.79 Å². The number of amides is 1. The number of rotatable bonds is 4. The molecule has 2 rings (SSSR count). The second kappa shape index (κ2) is 5.49. The summed E-state index contributed by atoms with van der Waals surface area (Å²) in [6.07, 6.45) is 0. The fourth-order valence-electron chi connectivity index (χ4n) is 1.54. The highest BCUT2D eigenvalue weighted by molar-refractivity contribution is 9.10. The van der Waals surface area contributed by atoms with Crippen LogP contribution < -0.4 is 11.1 Å². The number of nitrogens with two attached hydrogens (primary N) is 1. The number of primary amides is 1. The largest absolute Gasteiger partial charge is 0.368 e. The van der Waals surface area contributed by atoms with Gasteiger partial charge >= 0.3 is 0 Å². The minimum absolute atomic E-state index is 0.448. The van der Waals surface area contributed by atoms with Crippen molar-refractivity contribution in [3.63, 3.8) is 0 Å². The van der Waals surface area contributed by atoms with Gasteiger partial charge in [0.1, 0.15) is 6.04 Å². The van der Waals surface area contributed by atoms with E-state index in [0.29, 0.717) is 5.69 Å². The number of hydrogen-bond donors (Lipinski definition) is 2. The molecule has 4 nitrogen and oxygen atoms in total. The van der Waals surface area contributed by atoms with E-state index in [2.05, 4.69) is 26.2 Å². The van der Waals surface area contributed by atoms with Gasteiger partial charge < -0.3 is 11.1 Å². The van der Waals surface area contributed by atoms with E-state index in [1.807, 2.05) is 36.6 Å². The van der Waals surface area contributed by atoms with Crippen LogP contribution >= 0.6 is 27.3 Å². The van der Waals surface area contributed by atoms with Crippen molar-refractivity contribution in [1.29, 1.82) is 0 Å². The van der Waals surface area contributed by atoms with Crippen molar-refractivity contribution in [2.24, 2.45) is 5.73 Å². The van der Waals surface area contributed by atoms with E-state index in [9.17, 15) is 4.79 Å².